The van der Waals surface area contributed by atoms with Crippen molar-refractivity contribution in [2.75, 3.05) is 0 Å². The first-order valence-corrected chi connectivity index (χ1v) is 6.50. The molecule has 19 heavy (non-hydrogen) atoms. The monoisotopic (exact) mass is 260 g/mol. The number of fused-ring (bicyclic) bond motifs is 1. The Balaban J connectivity index is 2.07. The van der Waals surface area contributed by atoms with Crippen LogP contribution < -0.4 is 5.32 Å². The van der Waals surface area contributed by atoms with Gasteiger partial charge in [0, 0.05) is 6.42 Å². The molecule has 0 fully saturated rings. The van der Waals surface area contributed by atoms with Crippen molar-refractivity contribution in [2.45, 2.75) is 40.2 Å². The predicted molar refractivity (Wildman–Crippen MR) is 74.6 cm³/mol. The Bertz CT molecular complexity index is 548. The van der Waals surface area contributed by atoms with Crippen LogP contribution in [0, 0.1) is 5.41 Å². The Kier molecular flexibility index (Phi) is 3.60. The number of oxazole rings is 1. The normalized spacial score (nSPS) is 13.5. The van der Waals surface area contributed by atoms with Gasteiger partial charge in [0.25, 0.3) is 0 Å². The van der Waals surface area contributed by atoms with Crippen molar-refractivity contribution < 1.29 is 9.21 Å². The highest BCUT2D eigenvalue weighted by atomic mass is 16.3. The smallest absolute Gasteiger partial charge is 0.221 e. The summed E-state index contributed by atoms with van der Waals surface area (Å²) in [5.74, 6) is 0.561. The molecule has 0 bridgehead atoms. The Hall–Kier alpha value is -1.84. The average molecular weight is 260 g/mol. The summed E-state index contributed by atoms with van der Waals surface area (Å²) in [7, 11) is 0. The summed E-state index contributed by atoms with van der Waals surface area (Å²) in [6.07, 6.45) is 0.484. The summed E-state index contributed by atoms with van der Waals surface area (Å²) in [6.45, 7) is 8.00. The van der Waals surface area contributed by atoms with Gasteiger partial charge in [0.2, 0.25) is 11.8 Å². The number of nitrogens with one attached hydrogen (secondary N) is 1. The van der Waals surface area contributed by atoms with Crippen LogP contribution in [0.4, 0.5) is 0 Å². The molecule has 2 rings (SSSR count). The SMILES string of the molecule is CC(NC(=O)CC(C)(C)C)c1nc2ccccc2o1. The van der Waals surface area contributed by atoms with Crippen LogP contribution in [0.2, 0.25) is 0 Å². The second-order valence-corrected chi connectivity index (χ2v) is 6.05. The van der Waals surface area contributed by atoms with Gasteiger partial charge in [-0.25, -0.2) is 4.98 Å². The molecule has 1 amide bonds. The number of amides is 1. The van der Waals surface area contributed by atoms with Gasteiger partial charge in [0.1, 0.15) is 11.6 Å². The molecule has 1 N–H and O–H groups in total. The topological polar surface area (TPSA) is 55.1 Å². The average Bonchev–Trinajstić information content (AvgIpc) is 2.69. The lowest BCUT2D eigenvalue weighted by atomic mass is 9.92. The lowest BCUT2D eigenvalue weighted by molar-refractivity contribution is -0.123. The number of carbonyl (C=O) groups excluding carboxylic acids is 1. The predicted octanol–water partition coefficient (Wildman–Crippen LogP) is 3.44. The minimum absolute atomic E-state index is 0.0160. The first-order valence-electron chi connectivity index (χ1n) is 6.50. The molecule has 0 saturated heterocycles. The molecule has 4 nitrogen and oxygen atoms in total. The fraction of sp³-hybridized carbons (Fsp3) is 0.467. The molecule has 1 atom stereocenters. The molecule has 1 heterocycles. The third kappa shape index (κ3) is 3.56. The van der Waals surface area contributed by atoms with Crippen LogP contribution >= 0.6 is 0 Å². The van der Waals surface area contributed by atoms with E-state index in [-0.39, 0.29) is 17.4 Å². The van der Waals surface area contributed by atoms with Gasteiger partial charge in [0.15, 0.2) is 5.58 Å². The number of hydrogen-bond acceptors (Lipinski definition) is 3. The molecular formula is C15H20N2O2. The first kappa shape index (κ1) is 13.6. The third-order valence-electron chi connectivity index (χ3n) is 2.75. The lowest BCUT2D eigenvalue weighted by Crippen LogP contribution is -2.30. The van der Waals surface area contributed by atoms with Gasteiger partial charge in [-0.1, -0.05) is 32.9 Å². The van der Waals surface area contributed by atoms with E-state index in [1.165, 1.54) is 0 Å². The van der Waals surface area contributed by atoms with Gasteiger partial charge in [-0.2, -0.15) is 0 Å². The van der Waals surface area contributed by atoms with Gasteiger partial charge in [-0.3, -0.25) is 4.79 Å². The molecule has 0 spiro atoms. The Morgan fingerprint density at radius 3 is 2.68 bits per heavy atom. The fourth-order valence-electron chi connectivity index (χ4n) is 1.91. The third-order valence-corrected chi connectivity index (χ3v) is 2.75. The van der Waals surface area contributed by atoms with E-state index in [4.69, 9.17) is 4.42 Å². The van der Waals surface area contributed by atoms with Crippen molar-refractivity contribution in [1.29, 1.82) is 0 Å². The molecule has 0 saturated carbocycles. The second kappa shape index (κ2) is 5.03. The van der Waals surface area contributed by atoms with E-state index in [9.17, 15) is 4.79 Å². The van der Waals surface area contributed by atoms with Crippen molar-refractivity contribution in [3.63, 3.8) is 0 Å². The molecule has 0 radical (unpaired) electrons. The van der Waals surface area contributed by atoms with Crippen molar-refractivity contribution in [3.05, 3.63) is 30.2 Å². The van der Waals surface area contributed by atoms with Crippen LogP contribution in [0.15, 0.2) is 28.7 Å². The summed E-state index contributed by atoms with van der Waals surface area (Å²) in [5.41, 5.74) is 1.54. The van der Waals surface area contributed by atoms with E-state index < -0.39 is 0 Å². The van der Waals surface area contributed by atoms with E-state index >= 15 is 0 Å². The van der Waals surface area contributed by atoms with Gasteiger partial charge < -0.3 is 9.73 Å². The second-order valence-electron chi connectivity index (χ2n) is 6.05. The van der Waals surface area contributed by atoms with Crippen LogP contribution in [0.25, 0.3) is 11.1 Å². The molecule has 2 aromatic rings. The van der Waals surface area contributed by atoms with E-state index in [1.54, 1.807) is 0 Å². The molecule has 1 unspecified atom stereocenters. The highest BCUT2D eigenvalue weighted by Gasteiger charge is 2.20. The van der Waals surface area contributed by atoms with Crippen molar-refractivity contribution in [2.24, 2.45) is 5.41 Å². The maximum Gasteiger partial charge on any atom is 0.221 e. The van der Waals surface area contributed by atoms with Crippen molar-refractivity contribution in [1.82, 2.24) is 10.3 Å². The fourth-order valence-corrected chi connectivity index (χ4v) is 1.91. The number of nitrogens with zero attached hydrogens (tertiary/aromatic N) is 1. The highest BCUT2D eigenvalue weighted by Crippen LogP contribution is 2.21. The van der Waals surface area contributed by atoms with Crippen LogP contribution in [-0.4, -0.2) is 10.9 Å². The quantitative estimate of drug-likeness (QED) is 0.919. The molecule has 0 aliphatic carbocycles. The zero-order valence-corrected chi connectivity index (χ0v) is 11.9. The maximum atomic E-state index is 11.9. The van der Waals surface area contributed by atoms with E-state index in [0.29, 0.717) is 12.3 Å². The van der Waals surface area contributed by atoms with E-state index in [2.05, 4.69) is 10.3 Å². The Morgan fingerprint density at radius 2 is 2.05 bits per heavy atom. The van der Waals surface area contributed by atoms with Crippen molar-refractivity contribution in [3.8, 4) is 0 Å². The van der Waals surface area contributed by atoms with Crippen LogP contribution in [0.1, 0.15) is 46.0 Å². The number of rotatable bonds is 3. The van der Waals surface area contributed by atoms with Gasteiger partial charge in [-0.05, 0) is 24.5 Å². The molecule has 102 valence electrons. The zero-order valence-electron chi connectivity index (χ0n) is 11.9. The molecule has 4 heteroatoms. The number of carbonyl (C=O) groups is 1. The zero-order chi connectivity index (χ0) is 14.0. The van der Waals surface area contributed by atoms with Gasteiger partial charge in [-0.15, -0.1) is 0 Å². The van der Waals surface area contributed by atoms with Crippen LogP contribution in [0.5, 0.6) is 0 Å². The number of benzene rings is 1. The highest BCUT2D eigenvalue weighted by molar-refractivity contribution is 5.77. The van der Waals surface area contributed by atoms with E-state index in [1.807, 2.05) is 52.0 Å². The minimum Gasteiger partial charge on any atom is -0.438 e. The molecule has 1 aromatic heterocycles. The minimum atomic E-state index is -0.220. The maximum absolute atomic E-state index is 11.9. The van der Waals surface area contributed by atoms with Crippen molar-refractivity contribution >= 4 is 17.0 Å². The summed E-state index contributed by atoms with van der Waals surface area (Å²) < 4.78 is 5.63. The van der Waals surface area contributed by atoms with Gasteiger partial charge >= 0.3 is 0 Å². The molecular weight excluding hydrogens is 240 g/mol. The molecule has 1 aromatic carbocycles. The number of aromatic nitrogens is 1. The van der Waals surface area contributed by atoms with Crippen LogP contribution in [-0.2, 0) is 4.79 Å². The summed E-state index contributed by atoms with van der Waals surface area (Å²) in [6, 6.07) is 7.36. The number of hydrogen-bond donors (Lipinski definition) is 1. The number of para-hydroxylation sites is 2. The molecule has 0 aliphatic heterocycles. The van der Waals surface area contributed by atoms with Gasteiger partial charge in [0.05, 0.1) is 0 Å². The lowest BCUT2D eigenvalue weighted by Gasteiger charge is -2.18. The Morgan fingerprint density at radius 1 is 1.37 bits per heavy atom. The van der Waals surface area contributed by atoms with E-state index in [0.717, 1.165) is 11.1 Å². The summed E-state index contributed by atoms with van der Waals surface area (Å²) >= 11 is 0. The first-order chi connectivity index (χ1) is 8.85. The molecule has 0 aliphatic rings. The van der Waals surface area contributed by atoms with Crippen LogP contribution in [0.3, 0.4) is 0 Å². The largest absolute Gasteiger partial charge is 0.438 e. The standard InChI is InChI=1S/C15H20N2O2/c1-10(16-13(18)9-15(2,3)4)14-17-11-7-5-6-8-12(11)19-14/h5-8,10H,9H2,1-4H3,(H,16,18). The summed E-state index contributed by atoms with van der Waals surface area (Å²) in [4.78, 5) is 16.3. The Labute approximate surface area is 113 Å². The summed E-state index contributed by atoms with van der Waals surface area (Å²) in [5, 5.41) is 2.92.